The number of ether oxygens (including phenoxy) is 1. The van der Waals surface area contributed by atoms with Crippen LogP contribution in [0.15, 0.2) is 0 Å². The Kier molecular flexibility index (Phi) is 4.40. The van der Waals surface area contributed by atoms with Crippen LogP contribution in [0.5, 0.6) is 0 Å². The van der Waals surface area contributed by atoms with Gasteiger partial charge in [-0.05, 0) is 25.7 Å². The molecule has 15 heavy (non-hydrogen) atoms. The molecule has 2 nitrogen and oxygen atoms in total. The van der Waals surface area contributed by atoms with Crippen LogP contribution in [0.25, 0.3) is 0 Å². The summed E-state index contributed by atoms with van der Waals surface area (Å²) in [6, 6.07) is 0. The standard InChI is InChI=1S/C10H17F3O2/c1-7(10(11,12)13)15-6-9(14)8-4-2-3-5-8/h7-9,14H,2-6H2,1H3. The van der Waals surface area contributed by atoms with E-state index in [0.29, 0.717) is 0 Å². The maximum absolute atomic E-state index is 12.1. The summed E-state index contributed by atoms with van der Waals surface area (Å²) in [7, 11) is 0. The van der Waals surface area contributed by atoms with Crippen molar-refractivity contribution in [2.45, 2.75) is 51.0 Å². The van der Waals surface area contributed by atoms with Crippen molar-refractivity contribution in [1.82, 2.24) is 0 Å². The molecule has 5 heteroatoms. The minimum absolute atomic E-state index is 0.116. The van der Waals surface area contributed by atoms with E-state index < -0.39 is 18.4 Å². The molecule has 0 aromatic rings. The smallest absolute Gasteiger partial charge is 0.390 e. The van der Waals surface area contributed by atoms with E-state index in [1.807, 2.05) is 0 Å². The van der Waals surface area contributed by atoms with E-state index in [9.17, 15) is 18.3 Å². The van der Waals surface area contributed by atoms with Crippen LogP contribution in [0.1, 0.15) is 32.6 Å². The first-order valence-corrected chi connectivity index (χ1v) is 5.27. The van der Waals surface area contributed by atoms with Gasteiger partial charge in [0.25, 0.3) is 0 Å². The van der Waals surface area contributed by atoms with Gasteiger partial charge in [0, 0.05) is 0 Å². The summed E-state index contributed by atoms with van der Waals surface area (Å²) in [5.74, 6) is 0.116. The quantitative estimate of drug-likeness (QED) is 0.798. The van der Waals surface area contributed by atoms with Crippen molar-refractivity contribution in [3.05, 3.63) is 0 Å². The lowest BCUT2D eigenvalue weighted by atomic mass is 10.0. The first-order valence-electron chi connectivity index (χ1n) is 5.27. The van der Waals surface area contributed by atoms with Crippen molar-refractivity contribution in [3.8, 4) is 0 Å². The molecule has 1 fully saturated rings. The summed E-state index contributed by atoms with van der Waals surface area (Å²) in [5.41, 5.74) is 0. The first-order chi connectivity index (χ1) is 6.91. The second-order valence-electron chi connectivity index (χ2n) is 4.13. The minimum Gasteiger partial charge on any atom is -0.390 e. The summed E-state index contributed by atoms with van der Waals surface area (Å²) >= 11 is 0. The van der Waals surface area contributed by atoms with Crippen LogP contribution in [-0.4, -0.2) is 30.1 Å². The van der Waals surface area contributed by atoms with Gasteiger partial charge in [-0.25, -0.2) is 0 Å². The highest BCUT2D eigenvalue weighted by Gasteiger charge is 2.37. The SMILES string of the molecule is CC(OCC(O)C1CCCC1)C(F)(F)F. The Bertz CT molecular complexity index is 188. The molecule has 0 spiro atoms. The number of aliphatic hydroxyl groups is 1. The molecule has 0 aromatic heterocycles. The van der Waals surface area contributed by atoms with Crippen LogP contribution in [0.3, 0.4) is 0 Å². The zero-order chi connectivity index (χ0) is 11.5. The van der Waals surface area contributed by atoms with Crippen molar-refractivity contribution >= 4 is 0 Å². The van der Waals surface area contributed by atoms with Crippen LogP contribution >= 0.6 is 0 Å². The molecular formula is C10H17F3O2. The molecule has 0 amide bonds. The summed E-state index contributed by atoms with van der Waals surface area (Å²) in [4.78, 5) is 0. The Morgan fingerprint density at radius 2 is 1.87 bits per heavy atom. The fraction of sp³-hybridized carbons (Fsp3) is 1.00. The Morgan fingerprint density at radius 3 is 2.33 bits per heavy atom. The van der Waals surface area contributed by atoms with Gasteiger partial charge >= 0.3 is 6.18 Å². The monoisotopic (exact) mass is 226 g/mol. The number of aliphatic hydroxyl groups excluding tert-OH is 1. The van der Waals surface area contributed by atoms with Crippen molar-refractivity contribution in [1.29, 1.82) is 0 Å². The van der Waals surface area contributed by atoms with Gasteiger partial charge < -0.3 is 9.84 Å². The molecule has 0 aliphatic heterocycles. The van der Waals surface area contributed by atoms with E-state index in [1.54, 1.807) is 0 Å². The predicted molar refractivity (Wildman–Crippen MR) is 49.4 cm³/mol. The number of hydrogen-bond acceptors (Lipinski definition) is 2. The third-order valence-corrected chi connectivity index (χ3v) is 2.92. The van der Waals surface area contributed by atoms with Gasteiger partial charge in [0.15, 0.2) is 6.10 Å². The van der Waals surface area contributed by atoms with E-state index in [1.165, 1.54) is 0 Å². The van der Waals surface area contributed by atoms with Crippen molar-refractivity contribution in [2.75, 3.05) is 6.61 Å². The molecule has 2 atom stereocenters. The van der Waals surface area contributed by atoms with E-state index >= 15 is 0 Å². The summed E-state index contributed by atoms with van der Waals surface area (Å²) in [6.07, 6.45) is -3.00. The average Bonchev–Trinajstić information content (AvgIpc) is 2.64. The third kappa shape index (κ3) is 3.99. The second-order valence-corrected chi connectivity index (χ2v) is 4.13. The second kappa shape index (κ2) is 5.16. The topological polar surface area (TPSA) is 29.5 Å². The molecule has 1 aliphatic carbocycles. The molecule has 0 bridgehead atoms. The number of hydrogen-bond donors (Lipinski definition) is 1. The maximum Gasteiger partial charge on any atom is 0.414 e. The van der Waals surface area contributed by atoms with Gasteiger partial charge in [0.05, 0.1) is 12.7 Å². The van der Waals surface area contributed by atoms with Crippen molar-refractivity contribution in [3.63, 3.8) is 0 Å². The van der Waals surface area contributed by atoms with E-state index in [-0.39, 0.29) is 12.5 Å². The highest BCUT2D eigenvalue weighted by Crippen LogP contribution is 2.29. The fourth-order valence-corrected chi connectivity index (χ4v) is 1.82. The largest absolute Gasteiger partial charge is 0.414 e. The molecule has 1 rings (SSSR count). The van der Waals surface area contributed by atoms with E-state index in [4.69, 9.17) is 0 Å². The normalized spacial score (nSPS) is 23.0. The molecule has 1 N–H and O–H groups in total. The van der Waals surface area contributed by atoms with Crippen LogP contribution in [0, 0.1) is 5.92 Å². The van der Waals surface area contributed by atoms with Gasteiger partial charge in [-0.3, -0.25) is 0 Å². The maximum atomic E-state index is 12.1. The Balaban J connectivity index is 2.24. The molecule has 0 saturated heterocycles. The molecule has 90 valence electrons. The Hall–Kier alpha value is -0.290. The molecule has 1 saturated carbocycles. The number of halogens is 3. The summed E-state index contributed by atoms with van der Waals surface area (Å²) in [5, 5.41) is 9.57. The molecule has 0 radical (unpaired) electrons. The molecule has 0 heterocycles. The zero-order valence-electron chi connectivity index (χ0n) is 8.76. The molecule has 1 aliphatic rings. The zero-order valence-corrected chi connectivity index (χ0v) is 8.76. The molecular weight excluding hydrogens is 209 g/mol. The molecule has 0 aromatic carbocycles. The summed E-state index contributed by atoms with van der Waals surface area (Å²) < 4.78 is 40.8. The fourth-order valence-electron chi connectivity index (χ4n) is 1.82. The number of rotatable bonds is 4. The predicted octanol–water partition coefficient (Wildman–Crippen LogP) is 2.50. The third-order valence-electron chi connectivity index (χ3n) is 2.92. The molecule has 2 unspecified atom stereocenters. The lowest BCUT2D eigenvalue weighted by Gasteiger charge is -2.21. The summed E-state index contributed by atoms with van der Waals surface area (Å²) in [6.45, 7) is 0.743. The van der Waals surface area contributed by atoms with E-state index in [2.05, 4.69) is 4.74 Å². The highest BCUT2D eigenvalue weighted by atomic mass is 19.4. The van der Waals surface area contributed by atoms with Crippen LogP contribution in [0.2, 0.25) is 0 Å². The van der Waals surface area contributed by atoms with Gasteiger partial charge in [-0.2, -0.15) is 13.2 Å². The Morgan fingerprint density at radius 1 is 1.33 bits per heavy atom. The van der Waals surface area contributed by atoms with Gasteiger partial charge in [0.1, 0.15) is 0 Å². The van der Waals surface area contributed by atoms with Gasteiger partial charge in [-0.15, -0.1) is 0 Å². The van der Waals surface area contributed by atoms with E-state index in [0.717, 1.165) is 32.6 Å². The van der Waals surface area contributed by atoms with Gasteiger partial charge in [-0.1, -0.05) is 12.8 Å². The minimum atomic E-state index is -4.34. The van der Waals surface area contributed by atoms with Crippen molar-refractivity contribution < 1.29 is 23.0 Å². The first kappa shape index (κ1) is 12.8. The lowest BCUT2D eigenvalue weighted by Crippen LogP contribution is -2.33. The number of alkyl halides is 3. The van der Waals surface area contributed by atoms with Crippen LogP contribution in [0.4, 0.5) is 13.2 Å². The Labute approximate surface area is 87.4 Å². The lowest BCUT2D eigenvalue weighted by molar-refractivity contribution is -0.220. The average molecular weight is 226 g/mol. The van der Waals surface area contributed by atoms with Gasteiger partial charge in [0.2, 0.25) is 0 Å². The van der Waals surface area contributed by atoms with Crippen molar-refractivity contribution in [2.24, 2.45) is 5.92 Å². The highest BCUT2D eigenvalue weighted by molar-refractivity contribution is 4.75. The van der Waals surface area contributed by atoms with Crippen LogP contribution < -0.4 is 0 Å². The van der Waals surface area contributed by atoms with Crippen LogP contribution in [-0.2, 0) is 4.74 Å².